The van der Waals surface area contributed by atoms with Gasteiger partial charge in [0, 0.05) is 5.92 Å². The molecule has 0 spiro atoms. The minimum atomic E-state index is 0.437. The highest BCUT2D eigenvalue weighted by atomic mass is 16.1. The van der Waals surface area contributed by atoms with Crippen LogP contribution in [0.25, 0.3) is 0 Å². The Morgan fingerprint density at radius 2 is 2.10 bits per heavy atom. The first-order valence-corrected chi connectivity index (χ1v) is 4.28. The fourth-order valence-corrected chi connectivity index (χ4v) is 2.74. The third-order valence-electron chi connectivity index (χ3n) is 3.26. The molecule has 10 heavy (non-hydrogen) atoms. The van der Waals surface area contributed by atoms with Gasteiger partial charge in [0.1, 0.15) is 5.78 Å². The summed E-state index contributed by atoms with van der Waals surface area (Å²) >= 11 is 0. The molecule has 0 unspecified atom stereocenters. The van der Waals surface area contributed by atoms with E-state index < -0.39 is 0 Å². The van der Waals surface area contributed by atoms with E-state index in [1.807, 2.05) is 0 Å². The average Bonchev–Trinajstić information content (AvgIpc) is 2.44. The smallest absolute Gasteiger partial charge is 0.133 e. The van der Waals surface area contributed by atoms with Gasteiger partial charge in [-0.3, -0.25) is 4.79 Å². The predicted molar refractivity (Wildman–Crippen MR) is 39.6 cm³/mol. The Morgan fingerprint density at radius 3 is 2.40 bits per heavy atom. The first kappa shape index (κ1) is 6.38. The Labute approximate surface area is 61.8 Å². The second-order valence-corrected chi connectivity index (χ2v) is 3.89. The fourth-order valence-electron chi connectivity index (χ4n) is 2.74. The van der Waals surface area contributed by atoms with Gasteiger partial charge in [0.15, 0.2) is 0 Å². The van der Waals surface area contributed by atoms with E-state index in [0.29, 0.717) is 11.7 Å². The second-order valence-electron chi connectivity index (χ2n) is 3.89. The highest BCUT2D eigenvalue weighted by Crippen LogP contribution is 2.48. The zero-order valence-corrected chi connectivity index (χ0v) is 6.47. The zero-order chi connectivity index (χ0) is 7.14. The number of hydrogen-bond donors (Lipinski definition) is 0. The maximum absolute atomic E-state index is 11.0. The second kappa shape index (κ2) is 2.08. The van der Waals surface area contributed by atoms with Crippen LogP contribution in [0.5, 0.6) is 0 Å². The van der Waals surface area contributed by atoms with Crippen molar-refractivity contribution in [1.29, 1.82) is 0 Å². The highest BCUT2D eigenvalue weighted by Gasteiger charge is 2.41. The maximum Gasteiger partial charge on any atom is 0.133 e. The Kier molecular flexibility index (Phi) is 1.33. The van der Waals surface area contributed by atoms with Crippen LogP contribution in [-0.2, 0) is 4.79 Å². The molecule has 2 aliphatic carbocycles. The van der Waals surface area contributed by atoms with E-state index in [9.17, 15) is 4.79 Å². The van der Waals surface area contributed by atoms with E-state index in [1.165, 1.54) is 25.7 Å². The van der Waals surface area contributed by atoms with Crippen LogP contribution in [0.3, 0.4) is 0 Å². The molecule has 2 aliphatic rings. The largest absolute Gasteiger partial charge is 0.300 e. The van der Waals surface area contributed by atoms with Crippen molar-refractivity contribution < 1.29 is 4.79 Å². The number of rotatable bonds is 1. The molecule has 2 rings (SSSR count). The molecule has 2 bridgehead atoms. The minimum Gasteiger partial charge on any atom is -0.300 e. The van der Waals surface area contributed by atoms with Crippen LogP contribution in [0.1, 0.15) is 32.6 Å². The third kappa shape index (κ3) is 0.799. The molecule has 3 atom stereocenters. The minimum absolute atomic E-state index is 0.437. The predicted octanol–water partition coefficient (Wildman–Crippen LogP) is 2.01. The molecule has 1 nitrogen and oxygen atoms in total. The van der Waals surface area contributed by atoms with E-state index in [1.54, 1.807) is 6.92 Å². The molecular weight excluding hydrogens is 124 g/mol. The number of Topliss-reactive ketones (excluding diaryl/α,β-unsaturated/α-hetero) is 1. The molecule has 0 saturated heterocycles. The summed E-state index contributed by atoms with van der Waals surface area (Å²) < 4.78 is 0. The van der Waals surface area contributed by atoms with Gasteiger partial charge in [0.2, 0.25) is 0 Å². The van der Waals surface area contributed by atoms with Crippen molar-refractivity contribution >= 4 is 5.78 Å². The summed E-state index contributed by atoms with van der Waals surface area (Å²) in [6, 6.07) is 0. The van der Waals surface area contributed by atoms with Gasteiger partial charge in [0.25, 0.3) is 0 Å². The van der Waals surface area contributed by atoms with E-state index >= 15 is 0 Å². The normalized spacial score (nSPS) is 44.3. The molecule has 0 aliphatic heterocycles. The summed E-state index contributed by atoms with van der Waals surface area (Å²) in [6.45, 7) is 1.76. The first-order chi connectivity index (χ1) is 4.77. The van der Waals surface area contributed by atoms with Gasteiger partial charge in [-0.15, -0.1) is 0 Å². The van der Waals surface area contributed by atoms with Crippen molar-refractivity contribution in [2.45, 2.75) is 32.6 Å². The number of carbonyl (C=O) groups is 1. The van der Waals surface area contributed by atoms with Crippen molar-refractivity contribution in [1.82, 2.24) is 0 Å². The summed E-state index contributed by atoms with van der Waals surface area (Å²) in [5, 5.41) is 0. The standard InChI is InChI=1S/C9H14O/c1-6(10)9-5-7-2-3-8(9)4-7/h7-9H,2-5H2,1H3/t7-,8-,9+/m0/s1. The lowest BCUT2D eigenvalue weighted by Gasteiger charge is -2.17. The first-order valence-electron chi connectivity index (χ1n) is 4.28. The van der Waals surface area contributed by atoms with Crippen LogP contribution >= 0.6 is 0 Å². The van der Waals surface area contributed by atoms with Crippen LogP contribution in [0, 0.1) is 17.8 Å². The summed E-state index contributed by atoms with van der Waals surface area (Å²) in [5.74, 6) is 2.59. The van der Waals surface area contributed by atoms with Crippen molar-refractivity contribution in [3.05, 3.63) is 0 Å². The highest BCUT2D eigenvalue weighted by molar-refractivity contribution is 5.79. The molecule has 0 N–H and O–H groups in total. The summed E-state index contributed by atoms with van der Waals surface area (Å²) in [4.78, 5) is 11.0. The van der Waals surface area contributed by atoms with Gasteiger partial charge in [-0.05, 0) is 38.0 Å². The quantitative estimate of drug-likeness (QED) is 0.541. The molecular formula is C9H14O. The van der Waals surface area contributed by atoms with Crippen LogP contribution in [0.2, 0.25) is 0 Å². The van der Waals surface area contributed by atoms with E-state index in [-0.39, 0.29) is 0 Å². The van der Waals surface area contributed by atoms with E-state index in [4.69, 9.17) is 0 Å². The van der Waals surface area contributed by atoms with Gasteiger partial charge < -0.3 is 0 Å². The monoisotopic (exact) mass is 138 g/mol. The molecule has 56 valence electrons. The van der Waals surface area contributed by atoms with E-state index in [2.05, 4.69) is 0 Å². The third-order valence-corrected chi connectivity index (χ3v) is 3.26. The van der Waals surface area contributed by atoms with Gasteiger partial charge >= 0.3 is 0 Å². The topological polar surface area (TPSA) is 17.1 Å². The average molecular weight is 138 g/mol. The van der Waals surface area contributed by atoms with Crippen molar-refractivity contribution in [2.24, 2.45) is 17.8 Å². The molecule has 0 amide bonds. The van der Waals surface area contributed by atoms with Crippen LogP contribution in [-0.4, -0.2) is 5.78 Å². The van der Waals surface area contributed by atoms with Crippen molar-refractivity contribution in [2.75, 3.05) is 0 Å². The number of hydrogen-bond acceptors (Lipinski definition) is 1. The molecule has 1 heteroatoms. The molecule has 2 saturated carbocycles. The van der Waals surface area contributed by atoms with E-state index in [0.717, 1.165) is 11.8 Å². The Morgan fingerprint density at radius 1 is 1.30 bits per heavy atom. The van der Waals surface area contributed by atoms with Crippen LogP contribution in [0.4, 0.5) is 0 Å². The molecule has 2 fully saturated rings. The van der Waals surface area contributed by atoms with Crippen LogP contribution < -0.4 is 0 Å². The van der Waals surface area contributed by atoms with Gasteiger partial charge in [-0.25, -0.2) is 0 Å². The maximum atomic E-state index is 11.0. The lowest BCUT2D eigenvalue weighted by Crippen LogP contribution is -2.17. The molecule has 0 aromatic heterocycles. The molecule has 0 aromatic carbocycles. The lowest BCUT2D eigenvalue weighted by molar-refractivity contribution is -0.122. The van der Waals surface area contributed by atoms with Crippen molar-refractivity contribution in [3.8, 4) is 0 Å². The molecule has 0 radical (unpaired) electrons. The number of fused-ring (bicyclic) bond motifs is 2. The van der Waals surface area contributed by atoms with Crippen LogP contribution in [0.15, 0.2) is 0 Å². The lowest BCUT2D eigenvalue weighted by atomic mass is 9.86. The zero-order valence-electron chi connectivity index (χ0n) is 6.47. The van der Waals surface area contributed by atoms with Gasteiger partial charge in [-0.2, -0.15) is 0 Å². The Hall–Kier alpha value is -0.330. The summed E-state index contributed by atoms with van der Waals surface area (Å²) in [5.41, 5.74) is 0. The molecule has 0 heterocycles. The SMILES string of the molecule is CC(=O)[C@H]1C[C@H]2CC[C@H]1C2. The number of carbonyl (C=O) groups excluding carboxylic acids is 1. The Bertz CT molecular complexity index is 162. The summed E-state index contributed by atoms with van der Waals surface area (Å²) in [7, 11) is 0. The van der Waals surface area contributed by atoms with Crippen molar-refractivity contribution in [3.63, 3.8) is 0 Å². The van der Waals surface area contributed by atoms with Gasteiger partial charge in [-0.1, -0.05) is 6.42 Å². The fraction of sp³-hybridized carbons (Fsp3) is 0.889. The molecule has 0 aromatic rings. The Balaban J connectivity index is 2.08. The van der Waals surface area contributed by atoms with Gasteiger partial charge in [0.05, 0.1) is 0 Å². The number of ketones is 1. The summed E-state index contributed by atoms with van der Waals surface area (Å²) in [6.07, 6.45) is 5.29.